The zero-order chi connectivity index (χ0) is 18.2. The SMILES string of the molecule is COC(=O)c1ccc(CNCC2CCN(Cc3ccccc3)CC2)cc1. The van der Waals surface area contributed by atoms with Gasteiger partial charge in [0.1, 0.15) is 0 Å². The lowest BCUT2D eigenvalue weighted by atomic mass is 9.96. The monoisotopic (exact) mass is 352 g/mol. The summed E-state index contributed by atoms with van der Waals surface area (Å²) in [6.07, 6.45) is 2.50. The second-order valence-electron chi connectivity index (χ2n) is 7.02. The summed E-state index contributed by atoms with van der Waals surface area (Å²) in [6.45, 7) is 5.31. The van der Waals surface area contributed by atoms with Crippen LogP contribution in [0.4, 0.5) is 0 Å². The highest BCUT2D eigenvalue weighted by molar-refractivity contribution is 5.89. The maximum Gasteiger partial charge on any atom is 0.337 e. The van der Waals surface area contributed by atoms with Gasteiger partial charge in [-0.3, -0.25) is 4.90 Å². The number of hydrogen-bond acceptors (Lipinski definition) is 4. The van der Waals surface area contributed by atoms with Crippen molar-refractivity contribution in [3.05, 3.63) is 71.3 Å². The van der Waals surface area contributed by atoms with Gasteiger partial charge in [-0.2, -0.15) is 0 Å². The number of esters is 1. The van der Waals surface area contributed by atoms with Gasteiger partial charge in [0.15, 0.2) is 0 Å². The van der Waals surface area contributed by atoms with Crippen molar-refractivity contribution >= 4 is 5.97 Å². The van der Waals surface area contributed by atoms with Gasteiger partial charge in [0, 0.05) is 13.1 Å². The van der Waals surface area contributed by atoms with E-state index in [1.807, 2.05) is 24.3 Å². The molecule has 1 saturated heterocycles. The molecule has 26 heavy (non-hydrogen) atoms. The van der Waals surface area contributed by atoms with E-state index in [9.17, 15) is 4.79 Å². The third-order valence-corrected chi connectivity index (χ3v) is 5.09. The van der Waals surface area contributed by atoms with Crippen molar-refractivity contribution in [2.75, 3.05) is 26.7 Å². The van der Waals surface area contributed by atoms with Crippen molar-refractivity contribution in [2.45, 2.75) is 25.9 Å². The van der Waals surface area contributed by atoms with Gasteiger partial charge in [0.2, 0.25) is 0 Å². The Kier molecular flexibility index (Phi) is 6.81. The van der Waals surface area contributed by atoms with Crippen LogP contribution in [0.5, 0.6) is 0 Å². The molecular formula is C22H28N2O2. The summed E-state index contributed by atoms with van der Waals surface area (Å²) >= 11 is 0. The summed E-state index contributed by atoms with van der Waals surface area (Å²) in [4.78, 5) is 14.0. The van der Waals surface area contributed by atoms with E-state index in [0.717, 1.165) is 25.6 Å². The predicted molar refractivity (Wildman–Crippen MR) is 104 cm³/mol. The van der Waals surface area contributed by atoms with Crippen LogP contribution in [0.3, 0.4) is 0 Å². The molecule has 0 aliphatic carbocycles. The lowest BCUT2D eigenvalue weighted by molar-refractivity contribution is 0.0600. The molecule has 0 saturated carbocycles. The van der Waals surface area contributed by atoms with Crippen LogP contribution in [0.15, 0.2) is 54.6 Å². The van der Waals surface area contributed by atoms with E-state index in [1.165, 1.54) is 44.2 Å². The molecule has 0 aromatic heterocycles. The minimum Gasteiger partial charge on any atom is -0.465 e. The molecule has 0 bridgehead atoms. The van der Waals surface area contributed by atoms with Crippen molar-refractivity contribution in [3.8, 4) is 0 Å². The highest BCUT2D eigenvalue weighted by Crippen LogP contribution is 2.18. The number of likely N-dealkylation sites (tertiary alicyclic amines) is 1. The van der Waals surface area contributed by atoms with E-state index >= 15 is 0 Å². The average Bonchev–Trinajstić information content (AvgIpc) is 2.70. The average molecular weight is 352 g/mol. The number of benzene rings is 2. The maximum atomic E-state index is 11.4. The van der Waals surface area contributed by atoms with Crippen LogP contribution in [0, 0.1) is 5.92 Å². The second-order valence-corrected chi connectivity index (χ2v) is 7.02. The zero-order valence-corrected chi connectivity index (χ0v) is 15.5. The molecule has 4 nitrogen and oxygen atoms in total. The molecule has 0 atom stereocenters. The molecule has 3 rings (SSSR count). The number of nitrogens with one attached hydrogen (secondary N) is 1. The van der Waals surface area contributed by atoms with E-state index in [4.69, 9.17) is 4.74 Å². The fraction of sp³-hybridized carbons (Fsp3) is 0.409. The molecule has 0 radical (unpaired) electrons. The molecule has 1 aliphatic rings. The summed E-state index contributed by atoms with van der Waals surface area (Å²) in [6, 6.07) is 18.3. The number of hydrogen-bond donors (Lipinski definition) is 1. The minimum absolute atomic E-state index is 0.285. The molecule has 2 aromatic carbocycles. The molecule has 0 spiro atoms. The van der Waals surface area contributed by atoms with Crippen LogP contribution in [-0.4, -0.2) is 37.6 Å². The Bertz CT molecular complexity index is 677. The molecule has 1 fully saturated rings. The van der Waals surface area contributed by atoms with Crippen molar-refractivity contribution in [1.82, 2.24) is 10.2 Å². The van der Waals surface area contributed by atoms with E-state index in [1.54, 1.807) is 0 Å². The summed E-state index contributed by atoms with van der Waals surface area (Å²) in [7, 11) is 1.41. The standard InChI is InChI=1S/C22H28N2O2/c1-26-22(25)21-9-7-18(8-10-21)15-23-16-19-11-13-24(14-12-19)17-20-5-3-2-4-6-20/h2-10,19,23H,11-17H2,1H3. The number of rotatable bonds is 7. The number of methoxy groups -OCH3 is 1. The first kappa shape index (κ1) is 18.6. The Hall–Kier alpha value is -2.17. The van der Waals surface area contributed by atoms with Gasteiger partial charge in [-0.15, -0.1) is 0 Å². The van der Waals surface area contributed by atoms with Crippen LogP contribution in [0.25, 0.3) is 0 Å². The van der Waals surface area contributed by atoms with Gasteiger partial charge in [0.25, 0.3) is 0 Å². The summed E-state index contributed by atoms with van der Waals surface area (Å²) < 4.78 is 4.72. The lowest BCUT2D eigenvalue weighted by Gasteiger charge is -2.32. The topological polar surface area (TPSA) is 41.6 Å². The highest BCUT2D eigenvalue weighted by atomic mass is 16.5. The van der Waals surface area contributed by atoms with E-state index < -0.39 is 0 Å². The number of carbonyl (C=O) groups is 1. The van der Waals surface area contributed by atoms with E-state index in [2.05, 4.69) is 40.5 Å². The van der Waals surface area contributed by atoms with Crippen LogP contribution in [-0.2, 0) is 17.8 Å². The van der Waals surface area contributed by atoms with Crippen LogP contribution in [0.2, 0.25) is 0 Å². The highest BCUT2D eigenvalue weighted by Gasteiger charge is 2.18. The number of ether oxygens (including phenoxy) is 1. The summed E-state index contributed by atoms with van der Waals surface area (Å²) in [5.74, 6) is 0.461. The third-order valence-electron chi connectivity index (χ3n) is 5.09. The van der Waals surface area contributed by atoms with E-state index in [0.29, 0.717) is 5.56 Å². The van der Waals surface area contributed by atoms with Crippen LogP contribution < -0.4 is 5.32 Å². The van der Waals surface area contributed by atoms with Gasteiger partial charge < -0.3 is 10.1 Å². The van der Waals surface area contributed by atoms with Crippen molar-refractivity contribution in [1.29, 1.82) is 0 Å². The van der Waals surface area contributed by atoms with E-state index in [-0.39, 0.29) is 5.97 Å². The van der Waals surface area contributed by atoms with Gasteiger partial charge in [-0.05, 0) is 61.7 Å². The smallest absolute Gasteiger partial charge is 0.337 e. The van der Waals surface area contributed by atoms with Crippen LogP contribution >= 0.6 is 0 Å². The van der Waals surface area contributed by atoms with Gasteiger partial charge in [-0.1, -0.05) is 42.5 Å². The Morgan fingerprint density at radius 1 is 1.04 bits per heavy atom. The fourth-order valence-corrected chi connectivity index (χ4v) is 3.49. The predicted octanol–water partition coefficient (Wildman–Crippen LogP) is 3.48. The molecule has 4 heteroatoms. The molecule has 0 amide bonds. The molecule has 1 aliphatic heterocycles. The quantitative estimate of drug-likeness (QED) is 0.775. The van der Waals surface area contributed by atoms with Gasteiger partial charge >= 0.3 is 5.97 Å². The lowest BCUT2D eigenvalue weighted by Crippen LogP contribution is -2.36. The fourth-order valence-electron chi connectivity index (χ4n) is 3.49. The number of piperidine rings is 1. The first-order valence-corrected chi connectivity index (χ1v) is 9.39. The Labute approximate surface area is 156 Å². The first-order valence-electron chi connectivity index (χ1n) is 9.39. The van der Waals surface area contributed by atoms with Crippen molar-refractivity contribution in [3.63, 3.8) is 0 Å². The second kappa shape index (κ2) is 9.51. The van der Waals surface area contributed by atoms with Gasteiger partial charge in [-0.25, -0.2) is 4.79 Å². The largest absolute Gasteiger partial charge is 0.465 e. The van der Waals surface area contributed by atoms with Crippen molar-refractivity contribution in [2.24, 2.45) is 5.92 Å². The number of carbonyl (C=O) groups excluding carboxylic acids is 1. The zero-order valence-electron chi connectivity index (χ0n) is 15.5. The molecule has 0 unspecified atom stereocenters. The normalized spacial score (nSPS) is 15.7. The molecule has 1 heterocycles. The summed E-state index contributed by atoms with van der Waals surface area (Å²) in [5.41, 5.74) is 3.20. The first-order chi connectivity index (χ1) is 12.7. The molecule has 2 aromatic rings. The Morgan fingerprint density at radius 3 is 2.38 bits per heavy atom. The molecule has 1 N–H and O–H groups in total. The Morgan fingerprint density at radius 2 is 1.73 bits per heavy atom. The number of nitrogens with zero attached hydrogens (tertiary/aromatic N) is 1. The summed E-state index contributed by atoms with van der Waals surface area (Å²) in [5, 5.41) is 3.56. The van der Waals surface area contributed by atoms with Gasteiger partial charge in [0.05, 0.1) is 12.7 Å². The molecular weight excluding hydrogens is 324 g/mol. The van der Waals surface area contributed by atoms with Crippen molar-refractivity contribution < 1.29 is 9.53 Å². The Balaban J connectivity index is 1.35. The minimum atomic E-state index is -0.285. The molecule has 138 valence electrons. The third kappa shape index (κ3) is 5.41. The van der Waals surface area contributed by atoms with Crippen LogP contribution in [0.1, 0.15) is 34.3 Å². The maximum absolute atomic E-state index is 11.4.